The standard InChI is InChI=1S/C14H20N2O4S/c1-12-5-7-13(8-6-12)16(11-14(17)18)21(19,20)15-9-3-2-4-10-15/h5-8H,2-4,9-11H2,1H3,(H,17,18). The van der Waals surface area contributed by atoms with Gasteiger partial charge in [0.05, 0.1) is 5.69 Å². The molecule has 0 radical (unpaired) electrons. The topological polar surface area (TPSA) is 77.9 Å². The number of aryl methyl sites for hydroxylation is 1. The molecule has 21 heavy (non-hydrogen) atoms. The van der Waals surface area contributed by atoms with Crippen molar-refractivity contribution in [1.82, 2.24) is 4.31 Å². The van der Waals surface area contributed by atoms with Crippen molar-refractivity contribution in [1.29, 1.82) is 0 Å². The van der Waals surface area contributed by atoms with Gasteiger partial charge in [0, 0.05) is 13.1 Å². The van der Waals surface area contributed by atoms with Crippen molar-refractivity contribution in [2.24, 2.45) is 0 Å². The van der Waals surface area contributed by atoms with Gasteiger partial charge in [-0.25, -0.2) is 4.31 Å². The Morgan fingerprint density at radius 2 is 1.76 bits per heavy atom. The number of hydrogen-bond donors (Lipinski definition) is 1. The zero-order chi connectivity index (χ0) is 15.5. The molecule has 0 atom stereocenters. The molecule has 1 fully saturated rings. The third-order valence-corrected chi connectivity index (χ3v) is 5.44. The second-order valence-electron chi connectivity index (χ2n) is 5.20. The molecule has 2 rings (SSSR count). The Bertz CT molecular complexity index is 592. The van der Waals surface area contributed by atoms with E-state index in [0.29, 0.717) is 18.8 Å². The Balaban J connectivity index is 2.34. The van der Waals surface area contributed by atoms with E-state index in [9.17, 15) is 13.2 Å². The van der Waals surface area contributed by atoms with Gasteiger partial charge in [0.1, 0.15) is 6.54 Å². The monoisotopic (exact) mass is 312 g/mol. The first-order valence-corrected chi connectivity index (χ1v) is 8.37. The summed E-state index contributed by atoms with van der Waals surface area (Å²) in [6, 6.07) is 6.82. The minimum Gasteiger partial charge on any atom is -0.480 e. The van der Waals surface area contributed by atoms with Crippen LogP contribution in [0.1, 0.15) is 24.8 Å². The van der Waals surface area contributed by atoms with E-state index in [4.69, 9.17) is 5.11 Å². The summed E-state index contributed by atoms with van der Waals surface area (Å²) in [4.78, 5) is 11.1. The number of carbonyl (C=O) groups is 1. The molecule has 0 saturated carbocycles. The molecule has 0 aromatic heterocycles. The number of carboxylic acids is 1. The molecule has 1 aromatic rings. The summed E-state index contributed by atoms with van der Waals surface area (Å²) in [5.74, 6) is -1.17. The van der Waals surface area contributed by atoms with Gasteiger partial charge in [-0.15, -0.1) is 0 Å². The minimum atomic E-state index is -3.80. The lowest BCUT2D eigenvalue weighted by molar-refractivity contribution is -0.135. The Morgan fingerprint density at radius 3 is 2.29 bits per heavy atom. The molecular formula is C14H20N2O4S. The molecule has 0 amide bonds. The third kappa shape index (κ3) is 3.74. The average molecular weight is 312 g/mol. The fourth-order valence-corrected chi connectivity index (χ4v) is 4.04. The molecule has 7 heteroatoms. The molecule has 0 unspecified atom stereocenters. The zero-order valence-electron chi connectivity index (χ0n) is 12.0. The fraction of sp³-hybridized carbons (Fsp3) is 0.500. The van der Waals surface area contributed by atoms with E-state index < -0.39 is 22.7 Å². The van der Waals surface area contributed by atoms with Crippen molar-refractivity contribution in [3.05, 3.63) is 29.8 Å². The van der Waals surface area contributed by atoms with Crippen LogP contribution in [0.2, 0.25) is 0 Å². The van der Waals surface area contributed by atoms with E-state index in [0.717, 1.165) is 29.1 Å². The Labute approximate surface area is 125 Å². The van der Waals surface area contributed by atoms with E-state index in [1.165, 1.54) is 4.31 Å². The van der Waals surface area contributed by atoms with Gasteiger partial charge in [-0.2, -0.15) is 12.7 Å². The van der Waals surface area contributed by atoms with E-state index in [2.05, 4.69) is 0 Å². The number of benzene rings is 1. The second kappa shape index (κ2) is 6.44. The molecule has 116 valence electrons. The SMILES string of the molecule is Cc1ccc(N(CC(=O)O)S(=O)(=O)N2CCCCC2)cc1. The summed E-state index contributed by atoms with van der Waals surface area (Å²) >= 11 is 0. The van der Waals surface area contributed by atoms with E-state index in [1.807, 2.05) is 6.92 Å². The summed E-state index contributed by atoms with van der Waals surface area (Å²) < 4.78 is 27.7. The first-order chi connectivity index (χ1) is 9.91. The van der Waals surface area contributed by atoms with Crippen LogP contribution in [0, 0.1) is 6.92 Å². The third-order valence-electron chi connectivity index (χ3n) is 3.52. The van der Waals surface area contributed by atoms with Gasteiger partial charge in [-0.05, 0) is 31.9 Å². The Hall–Kier alpha value is -1.60. The van der Waals surface area contributed by atoms with Crippen LogP contribution in [-0.4, -0.2) is 43.4 Å². The van der Waals surface area contributed by atoms with E-state index in [1.54, 1.807) is 24.3 Å². The molecule has 0 aliphatic carbocycles. The predicted molar refractivity (Wildman–Crippen MR) is 80.5 cm³/mol. The zero-order valence-corrected chi connectivity index (χ0v) is 12.8. The summed E-state index contributed by atoms with van der Waals surface area (Å²) in [5.41, 5.74) is 1.37. The summed E-state index contributed by atoms with van der Waals surface area (Å²) in [6.07, 6.45) is 2.64. The highest BCUT2D eigenvalue weighted by atomic mass is 32.2. The highest BCUT2D eigenvalue weighted by Crippen LogP contribution is 2.23. The van der Waals surface area contributed by atoms with Crippen molar-refractivity contribution in [3.8, 4) is 0 Å². The van der Waals surface area contributed by atoms with Gasteiger partial charge >= 0.3 is 16.2 Å². The molecule has 1 aromatic carbocycles. The lowest BCUT2D eigenvalue weighted by Crippen LogP contribution is -2.47. The second-order valence-corrected chi connectivity index (χ2v) is 7.06. The number of aliphatic carboxylic acids is 1. The molecule has 0 bridgehead atoms. The lowest BCUT2D eigenvalue weighted by Gasteiger charge is -2.32. The van der Waals surface area contributed by atoms with Crippen LogP contribution in [0.25, 0.3) is 0 Å². The first kappa shape index (κ1) is 15.8. The number of hydrogen-bond acceptors (Lipinski definition) is 3. The van der Waals surface area contributed by atoms with Gasteiger partial charge in [-0.3, -0.25) is 4.79 Å². The van der Waals surface area contributed by atoms with Gasteiger partial charge in [0.25, 0.3) is 0 Å². The predicted octanol–water partition coefficient (Wildman–Crippen LogP) is 1.62. The van der Waals surface area contributed by atoms with Crippen LogP contribution in [0.5, 0.6) is 0 Å². The molecular weight excluding hydrogens is 292 g/mol. The summed E-state index contributed by atoms with van der Waals surface area (Å²) in [7, 11) is -3.80. The maximum absolute atomic E-state index is 12.7. The summed E-state index contributed by atoms with van der Waals surface area (Å²) in [5, 5.41) is 9.04. The van der Waals surface area contributed by atoms with Gasteiger partial charge in [-0.1, -0.05) is 24.1 Å². The van der Waals surface area contributed by atoms with Crippen molar-refractivity contribution in [3.63, 3.8) is 0 Å². The number of carboxylic acid groups (broad SMARTS) is 1. The largest absolute Gasteiger partial charge is 0.480 e. The fourth-order valence-electron chi connectivity index (χ4n) is 2.37. The van der Waals surface area contributed by atoms with Crippen LogP contribution in [-0.2, 0) is 15.0 Å². The number of rotatable bonds is 5. The van der Waals surface area contributed by atoms with Crippen molar-refractivity contribution >= 4 is 21.9 Å². The minimum absolute atomic E-state index is 0.383. The van der Waals surface area contributed by atoms with Crippen LogP contribution in [0.4, 0.5) is 5.69 Å². The smallest absolute Gasteiger partial charge is 0.324 e. The number of piperidine rings is 1. The Kier molecular flexibility index (Phi) is 4.84. The van der Waals surface area contributed by atoms with Crippen molar-refractivity contribution in [2.75, 3.05) is 23.9 Å². The maximum Gasteiger partial charge on any atom is 0.324 e. The van der Waals surface area contributed by atoms with Crippen LogP contribution >= 0.6 is 0 Å². The molecule has 1 aliphatic rings. The maximum atomic E-state index is 12.7. The van der Waals surface area contributed by atoms with E-state index >= 15 is 0 Å². The quantitative estimate of drug-likeness (QED) is 0.896. The summed E-state index contributed by atoms with van der Waals surface area (Å²) in [6.45, 7) is 2.22. The van der Waals surface area contributed by atoms with Crippen molar-refractivity contribution < 1.29 is 18.3 Å². The molecule has 1 aliphatic heterocycles. The number of nitrogens with zero attached hydrogens (tertiary/aromatic N) is 2. The molecule has 6 nitrogen and oxygen atoms in total. The molecule has 1 saturated heterocycles. The lowest BCUT2D eigenvalue weighted by atomic mass is 10.2. The highest BCUT2D eigenvalue weighted by Gasteiger charge is 2.32. The van der Waals surface area contributed by atoms with Gasteiger partial charge in [0.2, 0.25) is 0 Å². The van der Waals surface area contributed by atoms with Crippen LogP contribution in [0.3, 0.4) is 0 Å². The molecule has 1 heterocycles. The van der Waals surface area contributed by atoms with Crippen LogP contribution in [0.15, 0.2) is 24.3 Å². The van der Waals surface area contributed by atoms with Gasteiger partial charge in [0.15, 0.2) is 0 Å². The average Bonchev–Trinajstić information content (AvgIpc) is 2.46. The Morgan fingerprint density at radius 1 is 1.19 bits per heavy atom. The molecule has 1 N–H and O–H groups in total. The first-order valence-electron chi connectivity index (χ1n) is 6.97. The van der Waals surface area contributed by atoms with Crippen LogP contribution < -0.4 is 4.31 Å². The normalized spacial score (nSPS) is 16.6. The van der Waals surface area contributed by atoms with E-state index in [-0.39, 0.29) is 0 Å². The number of anilines is 1. The van der Waals surface area contributed by atoms with Crippen molar-refractivity contribution in [2.45, 2.75) is 26.2 Å². The molecule has 0 spiro atoms. The highest BCUT2D eigenvalue weighted by molar-refractivity contribution is 7.90. The van der Waals surface area contributed by atoms with Gasteiger partial charge < -0.3 is 5.11 Å².